The van der Waals surface area contributed by atoms with Crippen LogP contribution in [0.15, 0.2) is 4.99 Å². The summed E-state index contributed by atoms with van der Waals surface area (Å²) in [5.74, 6) is 0. The second kappa shape index (κ2) is 7.19. The van der Waals surface area contributed by atoms with Gasteiger partial charge in [0.15, 0.2) is 0 Å². The van der Waals surface area contributed by atoms with Crippen LogP contribution in [0.1, 0.15) is 65.7 Å². The highest BCUT2D eigenvalue weighted by atomic mass is 31.1. The van der Waals surface area contributed by atoms with Crippen molar-refractivity contribution in [1.29, 1.82) is 0 Å². The number of nitrogens with zero attached hydrogens (tertiary/aromatic N) is 4. The van der Waals surface area contributed by atoms with Gasteiger partial charge in [-0.05, 0) is 71.9 Å². The van der Waals surface area contributed by atoms with E-state index < -0.39 is 0 Å². The molecule has 0 saturated carbocycles. The minimum Gasteiger partial charge on any atom is -0.280 e. The van der Waals surface area contributed by atoms with Crippen LogP contribution in [0.5, 0.6) is 0 Å². The van der Waals surface area contributed by atoms with Crippen molar-refractivity contribution >= 4 is 13.5 Å². The molecule has 4 heterocycles. The third-order valence-electron chi connectivity index (χ3n) is 6.40. The van der Waals surface area contributed by atoms with Gasteiger partial charge in [0, 0.05) is 47.3 Å². The number of hydrogen-bond acceptors (Lipinski definition) is 4. The summed E-state index contributed by atoms with van der Waals surface area (Å²) >= 11 is 0. The molecule has 25 heavy (non-hydrogen) atoms. The van der Waals surface area contributed by atoms with Crippen molar-refractivity contribution in [3.8, 4) is 0 Å². The number of likely N-dealkylation sites (tertiary alicyclic amines) is 2. The van der Waals surface area contributed by atoms with E-state index in [1.165, 1.54) is 90.4 Å². The Morgan fingerprint density at radius 3 is 1.76 bits per heavy atom. The molecule has 4 fully saturated rings. The molecule has 4 rings (SSSR count). The standard InChI is InChI=1S/C20H37N4P/c1-19(2,3)21-18-20(22-11-4-5-12-22,23-13-6-7-14-23)10-17-25(18)24-15-8-9-16-24/h4-17H2,1-3H3. The maximum Gasteiger partial charge on any atom is 0.119 e. The van der Waals surface area contributed by atoms with E-state index in [2.05, 4.69) is 35.2 Å². The molecule has 0 spiro atoms. The summed E-state index contributed by atoms with van der Waals surface area (Å²) in [5, 5.41) is 0. The molecule has 0 aromatic rings. The zero-order chi connectivity index (χ0) is 17.5. The van der Waals surface area contributed by atoms with E-state index in [9.17, 15) is 0 Å². The lowest BCUT2D eigenvalue weighted by Crippen LogP contribution is -2.62. The van der Waals surface area contributed by atoms with Crippen LogP contribution in [0, 0.1) is 0 Å². The summed E-state index contributed by atoms with van der Waals surface area (Å²) in [6.07, 6.45) is 11.0. The molecule has 4 saturated heterocycles. The normalized spacial score (nSPS) is 33.9. The van der Waals surface area contributed by atoms with Crippen molar-refractivity contribution in [1.82, 2.24) is 14.5 Å². The maximum atomic E-state index is 5.50. The van der Waals surface area contributed by atoms with Gasteiger partial charge in [-0.1, -0.05) is 0 Å². The third-order valence-corrected chi connectivity index (χ3v) is 9.08. The first kappa shape index (κ1) is 18.3. The Kier molecular flexibility index (Phi) is 5.27. The van der Waals surface area contributed by atoms with Crippen LogP contribution in [-0.2, 0) is 0 Å². The smallest absolute Gasteiger partial charge is 0.119 e. The van der Waals surface area contributed by atoms with E-state index in [-0.39, 0.29) is 19.3 Å². The van der Waals surface area contributed by atoms with Crippen molar-refractivity contribution in [2.75, 3.05) is 45.4 Å². The van der Waals surface area contributed by atoms with Crippen LogP contribution < -0.4 is 0 Å². The van der Waals surface area contributed by atoms with Crippen molar-refractivity contribution < 1.29 is 0 Å². The average Bonchev–Trinajstić information content (AvgIpc) is 3.33. The Morgan fingerprint density at radius 1 is 0.800 bits per heavy atom. The van der Waals surface area contributed by atoms with Crippen LogP contribution in [0.25, 0.3) is 0 Å². The van der Waals surface area contributed by atoms with Gasteiger partial charge in [0.25, 0.3) is 0 Å². The molecule has 1 unspecified atom stereocenters. The monoisotopic (exact) mass is 364 g/mol. The molecule has 0 amide bonds. The molecule has 0 aromatic carbocycles. The van der Waals surface area contributed by atoms with Gasteiger partial charge in [0.1, 0.15) is 5.66 Å². The zero-order valence-corrected chi connectivity index (χ0v) is 17.5. The van der Waals surface area contributed by atoms with Gasteiger partial charge in [-0.3, -0.25) is 19.5 Å². The molecule has 142 valence electrons. The van der Waals surface area contributed by atoms with Crippen molar-refractivity contribution in [3.63, 3.8) is 0 Å². The highest BCUT2D eigenvalue weighted by molar-refractivity contribution is 7.74. The first-order chi connectivity index (χ1) is 12.0. The zero-order valence-electron chi connectivity index (χ0n) is 16.6. The Bertz CT molecular complexity index is 478. The fourth-order valence-corrected chi connectivity index (χ4v) is 8.62. The van der Waals surface area contributed by atoms with Crippen molar-refractivity contribution in [2.45, 2.75) is 76.9 Å². The Balaban J connectivity index is 1.75. The lowest BCUT2D eigenvalue weighted by molar-refractivity contribution is 0.0282. The van der Waals surface area contributed by atoms with Crippen molar-refractivity contribution in [3.05, 3.63) is 0 Å². The van der Waals surface area contributed by atoms with Crippen LogP contribution in [0.2, 0.25) is 0 Å². The molecule has 0 N–H and O–H groups in total. The minimum absolute atomic E-state index is 0.0324. The molecular formula is C20H37N4P. The average molecular weight is 365 g/mol. The quantitative estimate of drug-likeness (QED) is 0.708. The van der Waals surface area contributed by atoms with Crippen LogP contribution >= 0.6 is 8.07 Å². The van der Waals surface area contributed by atoms with E-state index in [0.717, 1.165) is 0 Å². The summed E-state index contributed by atoms with van der Waals surface area (Å²) in [6.45, 7) is 14.6. The van der Waals surface area contributed by atoms with E-state index >= 15 is 0 Å². The van der Waals surface area contributed by atoms with E-state index in [1.807, 2.05) is 0 Å². The molecular weight excluding hydrogens is 327 g/mol. The third kappa shape index (κ3) is 3.45. The fraction of sp³-hybridized carbons (Fsp3) is 0.950. The molecule has 0 aromatic heterocycles. The van der Waals surface area contributed by atoms with Gasteiger partial charge >= 0.3 is 0 Å². The Hall–Kier alpha value is -0.0200. The topological polar surface area (TPSA) is 22.1 Å². The molecule has 4 aliphatic rings. The maximum absolute atomic E-state index is 5.50. The SMILES string of the molecule is CC(C)(C)N=C1P(N2CCCC2)CCC1(N1CCCC1)N1CCCC1. The van der Waals surface area contributed by atoms with E-state index in [0.29, 0.717) is 0 Å². The number of hydrogen-bond donors (Lipinski definition) is 0. The van der Waals surface area contributed by atoms with Crippen LogP contribution in [-0.4, -0.2) is 76.6 Å². The first-order valence-corrected chi connectivity index (χ1v) is 12.1. The van der Waals surface area contributed by atoms with Crippen LogP contribution in [0.3, 0.4) is 0 Å². The molecule has 0 aliphatic carbocycles. The summed E-state index contributed by atoms with van der Waals surface area (Å²) in [4.78, 5) is 11.2. The second-order valence-corrected chi connectivity index (χ2v) is 11.6. The first-order valence-electron chi connectivity index (χ1n) is 10.6. The Morgan fingerprint density at radius 2 is 1.28 bits per heavy atom. The molecule has 4 nitrogen and oxygen atoms in total. The van der Waals surface area contributed by atoms with Gasteiger partial charge in [-0.15, -0.1) is 0 Å². The molecule has 0 bridgehead atoms. The molecule has 5 heteroatoms. The summed E-state index contributed by atoms with van der Waals surface area (Å²) < 4.78 is 2.83. The van der Waals surface area contributed by atoms with Gasteiger partial charge in [0.05, 0.1) is 11.0 Å². The summed E-state index contributed by atoms with van der Waals surface area (Å²) in [6, 6.07) is 0. The predicted octanol–water partition coefficient (Wildman–Crippen LogP) is 3.97. The lowest BCUT2D eigenvalue weighted by atomic mass is 10.0. The lowest BCUT2D eigenvalue weighted by Gasteiger charge is -2.47. The summed E-state index contributed by atoms with van der Waals surface area (Å²) in [5.41, 5.74) is 1.79. The highest BCUT2D eigenvalue weighted by Gasteiger charge is 2.56. The van der Waals surface area contributed by atoms with Crippen LogP contribution in [0.4, 0.5) is 0 Å². The number of rotatable bonds is 3. The fourth-order valence-electron chi connectivity index (χ4n) is 5.34. The van der Waals surface area contributed by atoms with E-state index in [4.69, 9.17) is 4.99 Å². The predicted molar refractivity (Wildman–Crippen MR) is 109 cm³/mol. The molecule has 4 aliphatic heterocycles. The van der Waals surface area contributed by atoms with Gasteiger partial charge < -0.3 is 0 Å². The van der Waals surface area contributed by atoms with Gasteiger partial charge in [-0.25, -0.2) is 0 Å². The Labute approximate surface area is 155 Å². The summed E-state index contributed by atoms with van der Waals surface area (Å²) in [7, 11) is -0.194. The molecule has 0 radical (unpaired) electrons. The van der Waals surface area contributed by atoms with Gasteiger partial charge in [0.2, 0.25) is 0 Å². The number of aliphatic imine (C=N–C) groups is 1. The highest BCUT2D eigenvalue weighted by Crippen LogP contribution is 2.58. The largest absolute Gasteiger partial charge is 0.280 e. The van der Waals surface area contributed by atoms with E-state index in [1.54, 1.807) is 5.45 Å². The minimum atomic E-state index is -0.194. The van der Waals surface area contributed by atoms with Gasteiger partial charge in [-0.2, -0.15) is 0 Å². The molecule has 1 atom stereocenters. The van der Waals surface area contributed by atoms with Crippen molar-refractivity contribution in [2.24, 2.45) is 4.99 Å². The second-order valence-electron chi connectivity index (χ2n) is 9.35.